The lowest BCUT2D eigenvalue weighted by Gasteiger charge is -2.08. The van der Waals surface area contributed by atoms with E-state index in [9.17, 15) is 4.79 Å². The van der Waals surface area contributed by atoms with Gasteiger partial charge < -0.3 is 14.5 Å². The molecule has 0 aliphatic rings. The summed E-state index contributed by atoms with van der Waals surface area (Å²) in [7, 11) is 1.91. The zero-order valence-electron chi connectivity index (χ0n) is 14.9. The van der Waals surface area contributed by atoms with Crippen LogP contribution in [0.4, 0.5) is 5.69 Å². The number of nitrogens with one attached hydrogen (secondary N) is 1. The molecule has 1 amide bonds. The van der Waals surface area contributed by atoms with Crippen LogP contribution in [0.2, 0.25) is 0 Å². The first-order chi connectivity index (χ1) is 13.2. The van der Waals surface area contributed by atoms with Gasteiger partial charge in [0.2, 0.25) is 5.91 Å². The summed E-state index contributed by atoms with van der Waals surface area (Å²) in [5.74, 6) is 1.02. The lowest BCUT2D eigenvalue weighted by molar-refractivity contribution is -0.113. The molecule has 0 aliphatic carbocycles. The number of aromatic nitrogens is 5. The number of nitrogens with zero attached hydrogens (tertiary/aromatic N) is 5. The SMILES string of the molecule is CCn1c(SCC(=O)Nc2cccc3ncn(C)c23)nnc1-c1cccs1. The van der Waals surface area contributed by atoms with Crippen molar-refractivity contribution in [2.75, 3.05) is 11.1 Å². The van der Waals surface area contributed by atoms with Crippen molar-refractivity contribution in [2.24, 2.45) is 7.05 Å². The maximum Gasteiger partial charge on any atom is 0.234 e. The highest BCUT2D eigenvalue weighted by Gasteiger charge is 2.16. The molecule has 0 bridgehead atoms. The number of amides is 1. The Bertz CT molecular complexity index is 1080. The van der Waals surface area contributed by atoms with Crippen molar-refractivity contribution in [1.82, 2.24) is 24.3 Å². The van der Waals surface area contributed by atoms with Gasteiger partial charge in [-0.15, -0.1) is 21.5 Å². The van der Waals surface area contributed by atoms with Crippen LogP contribution in [0.15, 0.2) is 47.2 Å². The summed E-state index contributed by atoms with van der Waals surface area (Å²) in [5.41, 5.74) is 2.52. The quantitative estimate of drug-likeness (QED) is 0.502. The summed E-state index contributed by atoms with van der Waals surface area (Å²) in [5, 5.41) is 14.3. The second-order valence-corrected chi connectivity index (χ2v) is 7.78. The largest absolute Gasteiger partial charge is 0.332 e. The van der Waals surface area contributed by atoms with Gasteiger partial charge in [-0.2, -0.15) is 0 Å². The predicted octanol–water partition coefficient (Wildman–Crippen LogP) is 3.64. The number of benzene rings is 1. The fraction of sp³-hybridized carbons (Fsp3) is 0.222. The zero-order chi connectivity index (χ0) is 18.8. The second kappa shape index (κ2) is 7.53. The molecular formula is C18H18N6OS2. The Morgan fingerprint density at radius 1 is 1.26 bits per heavy atom. The van der Waals surface area contributed by atoms with Crippen molar-refractivity contribution >= 4 is 45.7 Å². The van der Waals surface area contributed by atoms with E-state index in [2.05, 4.69) is 20.5 Å². The maximum absolute atomic E-state index is 12.5. The van der Waals surface area contributed by atoms with Crippen LogP contribution in [-0.2, 0) is 18.4 Å². The summed E-state index contributed by atoms with van der Waals surface area (Å²) in [4.78, 5) is 17.9. The molecule has 4 aromatic rings. The number of anilines is 1. The number of fused-ring (bicyclic) bond motifs is 1. The molecule has 9 heteroatoms. The number of carbonyl (C=O) groups excluding carboxylic acids is 1. The van der Waals surface area contributed by atoms with Gasteiger partial charge in [0.1, 0.15) is 0 Å². The average molecular weight is 399 g/mol. The molecule has 0 spiro atoms. The molecule has 0 saturated carbocycles. The van der Waals surface area contributed by atoms with E-state index in [-0.39, 0.29) is 11.7 Å². The third kappa shape index (κ3) is 3.47. The molecule has 27 heavy (non-hydrogen) atoms. The van der Waals surface area contributed by atoms with Gasteiger partial charge in [-0.05, 0) is 30.5 Å². The Kier molecular flexibility index (Phi) is 4.95. The Hall–Kier alpha value is -2.65. The van der Waals surface area contributed by atoms with E-state index >= 15 is 0 Å². The molecule has 7 nitrogen and oxygen atoms in total. The van der Waals surface area contributed by atoms with Crippen molar-refractivity contribution < 1.29 is 4.79 Å². The van der Waals surface area contributed by atoms with Crippen molar-refractivity contribution in [3.05, 3.63) is 42.0 Å². The van der Waals surface area contributed by atoms with Crippen molar-refractivity contribution in [2.45, 2.75) is 18.6 Å². The molecule has 0 aliphatic heterocycles. The molecule has 4 rings (SSSR count). The first kappa shape index (κ1) is 17.7. The summed E-state index contributed by atoms with van der Waals surface area (Å²) in [6.07, 6.45) is 1.74. The molecule has 0 radical (unpaired) electrons. The highest BCUT2D eigenvalue weighted by atomic mass is 32.2. The molecule has 0 atom stereocenters. The standard InChI is InChI=1S/C18H18N6OS2/c1-3-24-17(14-8-5-9-26-14)21-22-18(24)27-10-15(25)20-13-7-4-6-12-16(13)23(2)11-19-12/h4-9,11H,3,10H2,1-2H3,(H,20,25). The monoisotopic (exact) mass is 398 g/mol. The van der Waals surface area contributed by atoms with E-state index in [1.807, 2.05) is 58.8 Å². The van der Waals surface area contributed by atoms with E-state index in [1.165, 1.54) is 11.8 Å². The van der Waals surface area contributed by atoms with Gasteiger partial charge >= 0.3 is 0 Å². The van der Waals surface area contributed by atoms with Gasteiger partial charge in [0, 0.05) is 13.6 Å². The van der Waals surface area contributed by atoms with Crippen LogP contribution in [0.1, 0.15) is 6.92 Å². The number of aryl methyl sites for hydroxylation is 1. The molecule has 3 heterocycles. The summed E-state index contributed by atoms with van der Waals surface area (Å²) >= 11 is 3.02. The van der Waals surface area contributed by atoms with Crippen LogP contribution >= 0.6 is 23.1 Å². The summed E-state index contributed by atoms with van der Waals surface area (Å²) in [6.45, 7) is 2.80. The number of rotatable bonds is 6. The van der Waals surface area contributed by atoms with Gasteiger partial charge in [-0.3, -0.25) is 4.79 Å². The molecular weight excluding hydrogens is 380 g/mol. The highest BCUT2D eigenvalue weighted by Crippen LogP contribution is 2.27. The van der Waals surface area contributed by atoms with Crippen LogP contribution in [-0.4, -0.2) is 36.0 Å². The molecule has 1 aromatic carbocycles. The molecule has 0 unspecified atom stereocenters. The van der Waals surface area contributed by atoms with E-state index in [1.54, 1.807) is 17.7 Å². The first-order valence-electron chi connectivity index (χ1n) is 8.47. The minimum absolute atomic E-state index is 0.0861. The Balaban J connectivity index is 1.47. The smallest absolute Gasteiger partial charge is 0.234 e. The van der Waals surface area contributed by atoms with E-state index < -0.39 is 0 Å². The fourth-order valence-corrected chi connectivity index (χ4v) is 4.42. The van der Waals surface area contributed by atoms with Gasteiger partial charge in [-0.1, -0.05) is 23.9 Å². The van der Waals surface area contributed by atoms with E-state index in [4.69, 9.17) is 0 Å². The third-order valence-electron chi connectivity index (χ3n) is 4.12. The highest BCUT2D eigenvalue weighted by molar-refractivity contribution is 7.99. The van der Waals surface area contributed by atoms with Crippen molar-refractivity contribution in [3.63, 3.8) is 0 Å². The third-order valence-corrected chi connectivity index (χ3v) is 5.95. The predicted molar refractivity (Wildman–Crippen MR) is 109 cm³/mol. The van der Waals surface area contributed by atoms with Crippen molar-refractivity contribution in [3.8, 4) is 10.7 Å². The van der Waals surface area contributed by atoms with Crippen LogP contribution in [0, 0.1) is 0 Å². The minimum Gasteiger partial charge on any atom is -0.332 e. The van der Waals surface area contributed by atoms with Crippen LogP contribution in [0.5, 0.6) is 0 Å². The second-order valence-electron chi connectivity index (χ2n) is 5.89. The van der Waals surface area contributed by atoms with Crippen LogP contribution < -0.4 is 5.32 Å². The minimum atomic E-state index is -0.0861. The average Bonchev–Trinajstić information content (AvgIpc) is 3.40. The first-order valence-corrected chi connectivity index (χ1v) is 10.3. The maximum atomic E-state index is 12.5. The number of thiophene rings is 1. The lowest BCUT2D eigenvalue weighted by Crippen LogP contribution is -2.15. The normalized spacial score (nSPS) is 11.2. The molecule has 0 fully saturated rings. The number of imidazole rings is 1. The summed E-state index contributed by atoms with van der Waals surface area (Å²) in [6, 6.07) is 9.72. The molecule has 1 N–H and O–H groups in total. The molecule has 138 valence electrons. The number of para-hydroxylation sites is 1. The van der Waals surface area contributed by atoms with E-state index in [0.717, 1.165) is 39.1 Å². The van der Waals surface area contributed by atoms with Gasteiger partial charge in [0.15, 0.2) is 11.0 Å². The Morgan fingerprint density at radius 3 is 2.93 bits per heavy atom. The number of thioether (sulfide) groups is 1. The fourth-order valence-electron chi connectivity index (χ4n) is 2.90. The molecule has 3 aromatic heterocycles. The number of carbonyl (C=O) groups is 1. The van der Waals surface area contributed by atoms with Crippen LogP contribution in [0.25, 0.3) is 21.7 Å². The van der Waals surface area contributed by atoms with E-state index in [0.29, 0.717) is 0 Å². The Morgan fingerprint density at radius 2 is 2.15 bits per heavy atom. The van der Waals surface area contributed by atoms with Gasteiger partial charge in [0.05, 0.1) is 33.7 Å². The van der Waals surface area contributed by atoms with Crippen molar-refractivity contribution in [1.29, 1.82) is 0 Å². The van der Waals surface area contributed by atoms with Gasteiger partial charge in [0.25, 0.3) is 0 Å². The number of hydrogen-bond acceptors (Lipinski definition) is 6. The summed E-state index contributed by atoms with van der Waals surface area (Å²) < 4.78 is 3.94. The zero-order valence-corrected chi connectivity index (χ0v) is 16.5. The lowest BCUT2D eigenvalue weighted by atomic mass is 10.2. The number of hydrogen-bond donors (Lipinski definition) is 1. The topological polar surface area (TPSA) is 77.6 Å². The Labute approximate surface area is 164 Å². The van der Waals surface area contributed by atoms with Crippen LogP contribution in [0.3, 0.4) is 0 Å². The molecule has 0 saturated heterocycles. The van der Waals surface area contributed by atoms with Gasteiger partial charge in [-0.25, -0.2) is 4.98 Å².